The van der Waals surface area contributed by atoms with Crippen molar-refractivity contribution >= 4 is 22.6 Å². The number of nitrogens with zero attached hydrogens (tertiary/aromatic N) is 2. The lowest BCUT2D eigenvalue weighted by Crippen LogP contribution is -2.41. The predicted octanol–water partition coefficient (Wildman–Crippen LogP) is 4.70. The summed E-state index contributed by atoms with van der Waals surface area (Å²) in [5.41, 5.74) is 4.19. The number of piperidine rings is 1. The van der Waals surface area contributed by atoms with Crippen molar-refractivity contribution in [2.24, 2.45) is 5.92 Å². The van der Waals surface area contributed by atoms with E-state index >= 15 is 0 Å². The van der Waals surface area contributed by atoms with Gasteiger partial charge in [-0.3, -0.25) is 0 Å². The van der Waals surface area contributed by atoms with Gasteiger partial charge >= 0.3 is 6.09 Å². The molecule has 7 heteroatoms. The van der Waals surface area contributed by atoms with Gasteiger partial charge in [0.1, 0.15) is 5.60 Å². The fourth-order valence-electron chi connectivity index (χ4n) is 4.59. The molecule has 7 nitrogen and oxygen atoms in total. The first kappa shape index (κ1) is 22.8. The molecule has 0 aliphatic carbocycles. The minimum atomic E-state index is -0.462. The molecule has 1 N–H and O–H groups in total. The topological polar surface area (TPSA) is 85.0 Å². The van der Waals surface area contributed by atoms with Gasteiger partial charge in [-0.15, -0.1) is 0 Å². The van der Waals surface area contributed by atoms with Crippen LogP contribution in [0, 0.1) is 5.92 Å². The maximum absolute atomic E-state index is 12.3. The number of rotatable bonds is 5. The molecule has 0 radical (unpaired) electrons. The van der Waals surface area contributed by atoms with Gasteiger partial charge in [-0.1, -0.05) is 17.3 Å². The third-order valence-corrected chi connectivity index (χ3v) is 6.34. The molecule has 1 fully saturated rings. The molecule has 1 aromatic carbocycles. The number of aromatic nitrogens is 1. The zero-order valence-electron chi connectivity index (χ0n) is 19.4. The number of carbonyl (C=O) groups excluding carboxylic acids is 1. The van der Waals surface area contributed by atoms with E-state index < -0.39 is 5.60 Å². The van der Waals surface area contributed by atoms with Crippen LogP contribution in [0.3, 0.4) is 0 Å². The summed E-state index contributed by atoms with van der Waals surface area (Å²) in [6.45, 7) is 8.37. The average Bonchev–Trinajstić information content (AvgIpc) is 3.20. The predicted molar refractivity (Wildman–Crippen MR) is 122 cm³/mol. The molecular weight excluding hydrogens is 408 g/mol. The smallest absolute Gasteiger partial charge is 0.410 e. The molecule has 0 saturated carbocycles. The number of carbonyl (C=O) groups is 1. The number of likely N-dealkylation sites (tertiary alicyclic amines) is 1. The Kier molecular flexibility index (Phi) is 6.86. The summed E-state index contributed by atoms with van der Waals surface area (Å²) in [6.07, 6.45) is 6.46. The number of ether oxygens (including phenoxy) is 2. The van der Waals surface area contributed by atoms with Crippen molar-refractivity contribution in [2.75, 3.05) is 26.3 Å². The maximum Gasteiger partial charge on any atom is 0.410 e. The van der Waals surface area contributed by atoms with Crippen LogP contribution in [-0.4, -0.2) is 53.2 Å². The minimum absolute atomic E-state index is 0.0807. The van der Waals surface area contributed by atoms with Crippen molar-refractivity contribution < 1.29 is 23.9 Å². The fraction of sp³-hybridized carbons (Fsp3) is 0.600. The molecule has 0 bridgehead atoms. The molecule has 0 unspecified atom stereocenters. The van der Waals surface area contributed by atoms with Gasteiger partial charge in [0.25, 0.3) is 0 Å². The lowest BCUT2D eigenvalue weighted by molar-refractivity contribution is 0.0181. The normalized spacial score (nSPS) is 18.1. The van der Waals surface area contributed by atoms with Gasteiger partial charge in [-0.2, -0.15) is 0 Å². The standard InChI is InChI=1S/C25H34N2O5/c1-25(2,3)31-24(29)27-12-8-17(9-13-27)4-7-22-20-6-5-19(18-10-14-30-15-11-18)21(16-28)23(20)32-26-22/h5-6,10,17,28H,4,7-9,11-16H2,1-3H3. The Labute approximate surface area is 189 Å². The first-order valence-electron chi connectivity index (χ1n) is 11.6. The van der Waals surface area contributed by atoms with Crippen LogP contribution < -0.4 is 0 Å². The molecule has 2 aliphatic rings. The largest absolute Gasteiger partial charge is 0.444 e. The van der Waals surface area contributed by atoms with Crippen LogP contribution in [0.15, 0.2) is 22.7 Å². The number of aliphatic hydroxyl groups excluding tert-OH is 1. The van der Waals surface area contributed by atoms with Crippen LogP contribution in [-0.2, 0) is 22.5 Å². The Morgan fingerprint density at radius 3 is 2.72 bits per heavy atom. The van der Waals surface area contributed by atoms with Gasteiger partial charge in [-0.05, 0) is 76.0 Å². The van der Waals surface area contributed by atoms with Crippen molar-refractivity contribution in [3.8, 4) is 0 Å². The van der Waals surface area contributed by atoms with Crippen LogP contribution in [0.5, 0.6) is 0 Å². The summed E-state index contributed by atoms with van der Waals surface area (Å²) in [6, 6.07) is 4.14. The van der Waals surface area contributed by atoms with E-state index in [2.05, 4.69) is 23.4 Å². The lowest BCUT2D eigenvalue weighted by Gasteiger charge is -2.33. The van der Waals surface area contributed by atoms with Crippen molar-refractivity contribution in [3.05, 3.63) is 35.0 Å². The van der Waals surface area contributed by atoms with Gasteiger partial charge < -0.3 is 24.0 Å². The van der Waals surface area contributed by atoms with Crippen molar-refractivity contribution in [3.63, 3.8) is 0 Å². The van der Waals surface area contributed by atoms with E-state index in [-0.39, 0.29) is 12.7 Å². The Balaban J connectivity index is 1.38. The monoisotopic (exact) mass is 442 g/mol. The number of benzene rings is 1. The first-order valence-corrected chi connectivity index (χ1v) is 11.6. The molecule has 4 rings (SSSR count). The van der Waals surface area contributed by atoms with Gasteiger partial charge in [-0.25, -0.2) is 4.79 Å². The molecule has 1 amide bonds. The summed E-state index contributed by atoms with van der Waals surface area (Å²) in [5.74, 6) is 0.546. The van der Waals surface area contributed by atoms with Crippen LogP contribution >= 0.6 is 0 Å². The zero-order valence-corrected chi connectivity index (χ0v) is 19.4. The summed E-state index contributed by atoms with van der Waals surface area (Å²) in [7, 11) is 0. The van der Waals surface area contributed by atoms with Crippen LogP contribution in [0.2, 0.25) is 0 Å². The van der Waals surface area contributed by atoms with Gasteiger partial charge in [0.2, 0.25) is 0 Å². The highest BCUT2D eigenvalue weighted by molar-refractivity contribution is 5.88. The summed E-state index contributed by atoms with van der Waals surface area (Å²) < 4.78 is 16.6. The lowest BCUT2D eigenvalue weighted by atomic mass is 9.90. The third-order valence-electron chi connectivity index (χ3n) is 6.34. The molecule has 2 aromatic rings. The Morgan fingerprint density at radius 2 is 2.06 bits per heavy atom. The molecule has 0 atom stereocenters. The van der Waals surface area contributed by atoms with E-state index in [1.807, 2.05) is 25.7 Å². The first-order chi connectivity index (χ1) is 15.4. The Hall–Kier alpha value is -2.38. The fourth-order valence-corrected chi connectivity index (χ4v) is 4.59. The van der Waals surface area contributed by atoms with Crippen molar-refractivity contribution in [1.29, 1.82) is 0 Å². The molecular formula is C25H34N2O5. The number of aliphatic hydroxyl groups is 1. The average molecular weight is 443 g/mol. The summed E-state index contributed by atoms with van der Waals surface area (Å²) >= 11 is 0. The van der Waals surface area contributed by atoms with Gasteiger partial charge in [0.15, 0.2) is 5.58 Å². The molecule has 32 heavy (non-hydrogen) atoms. The number of amides is 1. The van der Waals surface area contributed by atoms with E-state index in [9.17, 15) is 9.90 Å². The maximum atomic E-state index is 12.3. The molecule has 2 aliphatic heterocycles. The molecule has 174 valence electrons. The van der Waals surface area contributed by atoms with Crippen molar-refractivity contribution in [1.82, 2.24) is 10.1 Å². The van der Waals surface area contributed by atoms with E-state index in [0.717, 1.165) is 67.4 Å². The highest BCUT2D eigenvalue weighted by Crippen LogP contribution is 2.33. The number of fused-ring (bicyclic) bond motifs is 1. The quantitative estimate of drug-likeness (QED) is 0.722. The van der Waals surface area contributed by atoms with Gasteiger partial charge in [0.05, 0.1) is 25.5 Å². The second kappa shape index (κ2) is 9.63. The SMILES string of the molecule is CC(C)(C)OC(=O)N1CCC(CCc2noc3c(CO)c(C4=CCOCC4)ccc23)CC1. The highest BCUT2D eigenvalue weighted by atomic mass is 16.6. The second-order valence-electron chi connectivity index (χ2n) is 9.76. The molecule has 3 heterocycles. The summed E-state index contributed by atoms with van der Waals surface area (Å²) in [4.78, 5) is 14.1. The third kappa shape index (κ3) is 5.15. The zero-order chi connectivity index (χ0) is 22.7. The van der Waals surface area contributed by atoms with E-state index in [4.69, 9.17) is 14.0 Å². The van der Waals surface area contributed by atoms with Crippen LogP contribution in [0.25, 0.3) is 16.5 Å². The van der Waals surface area contributed by atoms with E-state index in [1.165, 1.54) is 5.57 Å². The van der Waals surface area contributed by atoms with Crippen molar-refractivity contribution in [2.45, 2.75) is 65.1 Å². The van der Waals surface area contributed by atoms with Crippen LogP contribution in [0.1, 0.15) is 63.3 Å². The highest BCUT2D eigenvalue weighted by Gasteiger charge is 2.27. The Morgan fingerprint density at radius 1 is 1.28 bits per heavy atom. The Bertz CT molecular complexity index is 980. The molecule has 1 saturated heterocycles. The minimum Gasteiger partial charge on any atom is -0.444 e. The van der Waals surface area contributed by atoms with E-state index in [1.54, 1.807) is 0 Å². The van der Waals surface area contributed by atoms with E-state index in [0.29, 0.717) is 24.7 Å². The summed E-state index contributed by atoms with van der Waals surface area (Å²) in [5, 5.41) is 15.4. The second-order valence-corrected chi connectivity index (χ2v) is 9.76. The molecule has 1 aromatic heterocycles. The number of hydrogen-bond acceptors (Lipinski definition) is 6. The van der Waals surface area contributed by atoms with Crippen LogP contribution in [0.4, 0.5) is 4.79 Å². The van der Waals surface area contributed by atoms with Gasteiger partial charge in [0, 0.05) is 24.0 Å². The number of aryl methyl sites for hydroxylation is 1. The molecule has 0 spiro atoms. The number of hydrogen-bond donors (Lipinski definition) is 1.